The molecule has 1 aliphatic heterocycles. The van der Waals surface area contributed by atoms with Crippen LogP contribution in [-0.4, -0.2) is 74.3 Å². The molecule has 0 radical (unpaired) electrons. The molecule has 0 bridgehead atoms. The van der Waals surface area contributed by atoms with E-state index in [0.29, 0.717) is 71.7 Å². The third-order valence-corrected chi connectivity index (χ3v) is 8.52. The Labute approximate surface area is 302 Å². The van der Waals surface area contributed by atoms with Crippen LogP contribution >= 0.6 is 0 Å². The fourth-order valence-corrected chi connectivity index (χ4v) is 5.68. The Kier molecular flexibility index (Phi) is 9.99. The minimum absolute atomic E-state index is 0.0300. The first-order valence-corrected chi connectivity index (χ1v) is 17.2. The van der Waals surface area contributed by atoms with Crippen LogP contribution in [0.15, 0.2) is 72.9 Å². The maximum Gasteiger partial charge on any atom is 0.413 e. The van der Waals surface area contributed by atoms with E-state index in [4.69, 9.17) is 19.6 Å². The van der Waals surface area contributed by atoms with E-state index in [1.165, 1.54) is 10.7 Å². The summed E-state index contributed by atoms with van der Waals surface area (Å²) in [5.41, 5.74) is 4.46. The minimum atomic E-state index is -0.719. The highest BCUT2D eigenvalue weighted by molar-refractivity contribution is 6.05. The zero-order chi connectivity index (χ0) is 37.2. The fourth-order valence-electron chi connectivity index (χ4n) is 5.68. The van der Waals surface area contributed by atoms with Gasteiger partial charge in [-0.1, -0.05) is 45.0 Å². The molecule has 1 fully saturated rings. The number of anilines is 4. The molecule has 1 saturated heterocycles. The van der Waals surface area contributed by atoms with Crippen LogP contribution in [-0.2, 0) is 14.9 Å². The number of aromatic nitrogens is 4. The van der Waals surface area contributed by atoms with Gasteiger partial charge in [0.1, 0.15) is 5.60 Å². The Morgan fingerprint density at radius 2 is 1.52 bits per heavy atom. The molecule has 270 valence electrons. The summed E-state index contributed by atoms with van der Waals surface area (Å²) in [6, 6.07) is 20.2. The molecule has 5 aromatic rings. The van der Waals surface area contributed by atoms with Gasteiger partial charge in [0.05, 0.1) is 19.4 Å². The highest BCUT2D eigenvalue weighted by Gasteiger charge is 2.23. The van der Waals surface area contributed by atoms with Gasteiger partial charge in [-0.3, -0.25) is 14.9 Å². The molecule has 1 aliphatic rings. The lowest BCUT2D eigenvalue weighted by atomic mass is 9.86. The molecular formula is C39H44N8O5. The molecule has 0 aliphatic carbocycles. The molecule has 3 aromatic carbocycles. The number of carbonyl (C=O) groups is 3. The average molecular weight is 705 g/mol. The third kappa shape index (κ3) is 8.21. The molecule has 0 saturated carbocycles. The van der Waals surface area contributed by atoms with Crippen molar-refractivity contribution in [1.82, 2.24) is 24.5 Å². The smallest absolute Gasteiger partial charge is 0.413 e. The van der Waals surface area contributed by atoms with Gasteiger partial charge >= 0.3 is 6.09 Å². The molecular weight excluding hydrogens is 660 g/mol. The van der Waals surface area contributed by atoms with Crippen LogP contribution in [0.3, 0.4) is 0 Å². The van der Waals surface area contributed by atoms with Gasteiger partial charge in [-0.25, -0.2) is 14.8 Å². The Morgan fingerprint density at radius 1 is 0.846 bits per heavy atom. The first kappa shape index (κ1) is 36.0. The van der Waals surface area contributed by atoms with Crippen LogP contribution in [0.25, 0.3) is 17.0 Å². The van der Waals surface area contributed by atoms with Crippen molar-refractivity contribution in [3.63, 3.8) is 0 Å². The first-order chi connectivity index (χ1) is 24.7. The maximum atomic E-state index is 13.3. The molecule has 3 N–H and O–H groups in total. The second kappa shape index (κ2) is 14.4. The van der Waals surface area contributed by atoms with Gasteiger partial charge in [-0.2, -0.15) is 4.52 Å². The summed E-state index contributed by atoms with van der Waals surface area (Å²) in [5.74, 6) is 0.624. The van der Waals surface area contributed by atoms with E-state index in [1.807, 2.05) is 49.4 Å². The van der Waals surface area contributed by atoms with Gasteiger partial charge in [0, 0.05) is 41.2 Å². The predicted molar refractivity (Wildman–Crippen MR) is 200 cm³/mol. The summed E-state index contributed by atoms with van der Waals surface area (Å²) < 4.78 is 12.3. The molecule has 52 heavy (non-hydrogen) atoms. The number of imidazole rings is 1. The lowest BCUT2D eigenvalue weighted by Crippen LogP contribution is -2.40. The van der Waals surface area contributed by atoms with Crippen molar-refractivity contribution in [2.75, 3.05) is 42.3 Å². The average Bonchev–Trinajstić information content (AvgIpc) is 3.50. The number of amides is 3. The second-order valence-electron chi connectivity index (χ2n) is 14.7. The Bertz CT molecular complexity index is 2110. The van der Waals surface area contributed by atoms with E-state index in [-0.39, 0.29) is 23.0 Å². The van der Waals surface area contributed by atoms with Crippen LogP contribution in [0.4, 0.5) is 27.8 Å². The van der Waals surface area contributed by atoms with Crippen molar-refractivity contribution in [3.05, 3.63) is 95.2 Å². The van der Waals surface area contributed by atoms with Gasteiger partial charge in [0.2, 0.25) is 0 Å². The van der Waals surface area contributed by atoms with Crippen LogP contribution in [0.5, 0.6) is 0 Å². The standard InChI is InChI=1S/C39H44N8O5/c1-24-29(9-8-10-30(24)42-35(48)25-11-15-27(16-12-25)38(2,3)4)32-44-33(34-40-23-31(47(34)45-32)43-37(50)52-39(5,6)7)41-28-17-13-26(14-18-28)36(49)46-19-21-51-22-20-46/h8-18,23H,19-22H2,1-7H3,(H,42,48)(H,43,50)(H,41,44,45). The van der Waals surface area contributed by atoms with Crippen molar-refractivity contribution >= 4 is 46.6 Å². The number of rotatable bonds is 7. The summed E-state index contributed by atoms with van der Waals surface area (Å²) in [7, 11) is 0. The molecule has 6 rings (SSSR count). The number of nitrogens with zero attached hydrogens (tertiary/aromatic N) is 5. The summed E-state index contributed by atoms with van der Waals surface area (Å²) in [6.07, 6.45) is 0.808. The van der Waals surface area contributed by atoms with Crippen LogP contribution in [0, 0.1) is 6.92 Å². The number of fused-ring (bicyclic) bond motifs is 1. The number of morpholine rings is 1. The van der Waals surface area contributed by atoms with Gasteiger partial charge in [-0.05, 0) is 86.7 Å². The van der Waals surface area contributed by atoms with Gasteiger partial charge < -0.3 is 25.0 Å². The van der Waals surface area contributed by atoms with E-state index >= 15 is 0 Å². The van der Waals surface area contributed by atoms with Crippen molar-refractivity contribution < 1.29 is 23.9 Å². The zero-order valence-corrected chi connectivity index (χ0v) is 30.5. The molecule has 13 nitrogen and oxygen atoms in total. The fraction of sp³-hybridized carbons (Fsp3) is 0.333. The number of benzene rings is 3. The lowest BCUT2D eigenvalue weighted by molar-refractivity contribution is 0.0303. The van der Waals surface area contributed by atoms with E-state index in [1.54, 1.807) is 49.9 Å². The molecule has 3 heterocycles. The molecule has 13 heteroatoms. The summed E-state index contributed by atoms with van der Waals surface area (Å²) in [5, 5.41) is 13.9. The second-order valence-corrected chi connectivity index (χ2v) is 14.7. The topological polar surface area (TPSA) is 152 Å². The van der Waals surface area contributed by atoms with Crippen molar-refractivity contribution in [1.29, 1.82) is 0 Å². The minimum Gasteiger partial charge on any atom is -0.444 e. The normalized spacial score (nSPS) is 13.5. The number of nitrogens with one attached hydrogen (secondary N) is 3. The lowest BCUT2D eigenvalue weighted by Gasteiger charge is -2.26. The molecule has 2 aromatic heterocycles. The highest BCUT2D eigenvalue weighted by atomic mass is 16.6. The Balaban J connectivity index is 1.33. The predicted octanol–water partition coefficient (Wildman–Crippen LogP) is 7.21. The van der Waals surface area contributed by atoms with Crippen molar-refractivity contribution in [2.24, 2.45) is 0 Å². The Morgan fingerprint density at radius 3 is 2.17 bits per heavy atom. The zero-order valence-electron chi connectivity index (χ0n) is 30.5. The van der Waals surface area contributed by atoms with Gasteiger partial charge in [-0.15, -0.1) is 5.10 Å². The van der Waals surface area contributed by atoms with Crippen LogP contribution in [0.2, 0.25) is 0 Å². The number of hydrogen-bond acceptors (Lipinski definition) is 9. The summed E-state index contributed by atoms with van der Waals surface area (Å²) in [4.78, 5) is 50.3. The summed E-state index contributed by atoms with van der Waals surface area (Å²) in [6.45, 7) is 15.7. The number of carbonyl (C=O) groups excluding carboxylic acids is 3. The number of ether oxygens (including phenoxy) is 2. The van der Waals surface area contributed by atoms with E-state index in [2.05, 4.69) is 41.7 Å². The Hall–Kier alpha value is -5.82. The van der Waals surface area contributed by atoms with Crippen LogP contribution < -0.4 is 16.0 Å². The molecule has 0 unspecified atom stereocenters. The summed E-state index contributed by atoms with van der Waals surface area (Å²) >= 11 is 0. The SMILES string of the molecule is Cc1c(NC(=O)c2ccc(C(C)(C)C)cc2)cccc1-c1nc(Nc2ccc(C(=O)N3CCOCC3)cc2)c2ncc(NC(=O)OC(C)(C)C)n2n1. The van der Waals surface area contributed by atoms with Gasteiger partial charge in [0.15, 0.2) is 23.1 Å². The van der Waals surface area contributed by atoms with Crippen molar-refractivity contribution in [3.8, 4) is 11.4 Å². The molecule has 3 amide bonds. The highest BCUT2D eigenvalue weighted by Crippen LogP contribution is 2.31. The number of hydrogen-bond donors (Lipinski definition) is 3. The van der Waals surface area contributed by atoms with Gasteiger partial charge in [0.25, 0.3) is 11.8 Å². The quantitative estimate of drug-likeness (QED) is 0.160. The maximum absolute atomic E-state index is 13.3. The van der Waals surface area contributed by atoms with Crippen LogP contribution in [0.1, 0.15) is 73.4 Å². The monoisotopic (exact) mass is 704 g/mol. The van der Waals surface area contributed by atoms with Crippen molar-refractivity contribution in [2.45, 2.75) is 59.5 Å². The largest absolute Gasteiger partial charge is 0.444 e. The first-order valence-electron chi connectivity index (χ1n) is 17.2. The molecule has 0 spiro atoms. The molecule has 0 atom stereocenters. The third-order valence-electron chi connectivity index (χ3n) is 8.52. The van der Waals surface area contributed by atoms with E-state index in [0.717, 1.165) is 11.1 Å². The van der Waals surface area contributed by atoms with E-state index < -0.39 is 11.7 Å². The van der Waals surface area contributed by atoms with E-state index in [9.17, 15) is 14.4 Å².